The van der Waals surface area contributed by atoms with Crippen LogP contribution in [0.1, 0.15) is 35.3 Å². The summed E-state index contributed by atoms with van der Waals surface area (Å²) in [7, 11) is 0. The molecule has 0 aromatic carbocycles. The molecule has 2 aromatic heterocycles. The molecule has 1 unspecified atom stereocenters. The molecule has 19 heavy (non-hydrogen) atoms. The quantitative estimate of drug-likeness (QED) is 0.852. The van der Waals surface area contributed by atoms with Crippen molar-refractivity contribution in [3.63, 3.8) is 0 Å². The summed E-state index contributed by atoms with van der Waals surface area (Å²) in [6, 6.07) is 3.56. The number of aromatic nitrogens is 3. The topological polar surface area (TPSA) is 88.2 Å². The van der Waals surface area contributed by atoms with E-state index in [4.69, 9.17) is 0 Å². The predicted octanol–water partition coefficient (Wildman–Crippen LogP) is 1.47. The molecule has 3 heterocycles. The van der Waals surface area contributed by atoms with Crippen molar-refractivity contribution in [2.75, 3.05) is 0 Å². The normalized spacial score (nSPS) is 18.1. The summed E-state index contributed by atoms with van der Waals surface area (Å²) < 4.78 is 1.62. The Morgan fingerprint density at radius 2 is 2.32 bits per heavy atom. The summed E-state index contributed by atoms with van der Waals surface area (Å²) in [5, 5.41) is 19.3. The van der Waals surface area contributed by atoms with Gasteiger partial charge in [-0.25, -0.2) is 9.78 Å². The molecule has 2 N–H and O–H groups in total. The first-order valence-electron chi connectivity index (χ1n) is 6.11. The first-order chi connectivity index (χ1) is 9.18. The number of fused-ring (bicyclic) bond motifs is 1. The number of carboxylic acid groups (broad SMARTS) is 1. The molecular weight excluding hydrogens is 246 g/mol. The third-order valence-corrected chi connectivity index (χ3v) is 3.31. The lowest BCUT2D eigenvalue weighted by atomic mass is 10.1. The van der Waals surface area contributed by atoms with E-state index in [-0.39, 0.29) is 5.69 Å². The number of carboxylic acids is 1. The van der Waals surface area contributed by atoms with Gasteiger partial charge in [-0.2, -0.15) is 0 Å². The van der Waals surface area contributed by atoms with Gasteiger partial charge >= 0.3 is 5.97 Å². The van der Waals surface area contributed by atoms with Crippen LogP contribution in [0.5, 0.6) is 0 Å². The second-order valence-electron chi connectivity index (χ2n) is 4.52. The SMILES string of the molecule is O=C(O)c1nc(-c2cccnc2)n2c1CCCC2O. The van der Waals surface area contributed by atoms with Gasteiger partial charge in [-0.3, -0.25) is 4.98 Å². The second-order valence-corrected chi connectivity index (χ2v) is 4.52. The Morgan fingerprint density at radius 1 is 1.47 bits per heavy atom. The first-order valence-corrected chi connectivity index (χ1v) is 6.11. The molecular formula is C13H13N3O3. The van der Waals surface area contributed by atoms with Gasteiger partial charge in [-0.05, 0) is 31.4 Å². The summed E-state index contributed by atoms with van der Waals surface area (Å²) in [4.78, 5) is 19.4. The van der Waals surface area contributed by atoms with E-state index < -0.39 is 12.2 Å². The Morgan fingerprint density at radius 3 is 3.00 bits per heavy atom. The van der Waals surface area contributed by atoms with Crippen LogP contribution in [0.15, 0.2) is 24.5 Å². The lowest BCUT2D eigenvalue weighted by Gasteiger charge is -2.23. The summed E-state index contributed by atoms with van der Waals surface area (Å²) in [5.41, 5.74) is 1.32. The summed E-state index contributed by atoms with van der Waals surface area (Å²) in [6.07, 6.45) is 4.52. The number of carbonyl (C=O) groups is 1. The minimum atomic E-state index is -1.06. The molecule has 0 saturated carbocycles. The molecule has 1 aliphatic heterocycles. The van der Waals surface area contributed by atoms with Crippen molar-refractivity contribution in [1.82, 2.24) is 14.5 Å². The van der Waals surface area contributed by atoms with E-state index in [1.54, 1.807) is 29.1 Å². The van der Waals surface area contributed by atoms with Crippen LogP contribution in [-0.4, -0.2) is 30.7 Å². The average molecular weight is 259 g/mol. The predicted molar refractivity (Wildman–Crippen MR) is 66.6 cm³/mol. The van der Waals surface area contributed by atoms with Crippen LogP contribution in [0.2, 0.25) is 0 Å². The molecule has 0 bridgehead atoms. The molecule has 0 spiro atoms. The van der Waals surface area contributed by atoms with Gasteiger partial charge in [0.2, 0.25) is 0 Å². The van der Waals surface area contributed by atoms with Crippen molar-refractivity contribution in [3.8, 4) is 11.4 Å². The van der Waals surface area contributed by atoms with Crippen molar-refractivity contribution in [2.24, 2.45) is 0 Å². The zero-order chi connectivity index (χ0) is 13.4. The highest BCUT2D eigenvalue weighted by molar-refractivity contribution is 5.88. The lowest BCUT2D eigenvalue weighted by molar-refractivity contribution is 0.0678. The fourth-order valence-corrected chi connectivity index (χ4v) is 2.48. The smallest absolute Gasteiger partial charge is 0.356 e. The van der Waals surface area contributed by atoms with E-state index in [0.717, 1.165) is 6.42 Å². The van der Waals surface area contributed by atoms with Crippen molar-refractivity contribution >= 4 is 5.97 Å². The largest absolute Gasteiger partial charge is 0.476 e. The molecule has 0 fully saturated rings. The maximum absolute atomic E-state index is 11.3. The molecule has 3 rings (SSSR count). The van der Waals surface area contributed by atoms with E-state index in [1.165, 1.54) is 0 Å². The molecule has 1 atom stereocenters. The summed E-state index contributed by atoms with van der Waals surface area (Å²) >= 11 is 0. The van der Waals surface area contributed by atoms with Gasteiger partial charge in [0, 0.05) is 18.0 Å². The van der Waals surface area contributed by atoms with Gasteiger partial charge in [0.25, 0.3) is 0 Å². The van der Waals surface area contributed by atoms with Gasteiger partial charge in [0.1, 0.15) is 12.1 Å². The Hall–Kier alpha value is -2.21. The third kappa shape index (κ3) is 1.90. The zero-order valence-corrected chi connectivity index (χ0v) is 10.2. The van der Waals surface area contributed by atoms with Gasteiger partial charge in [-0.15, -0.1) is 0 Å². The number of aromatic carboxylic acids is 1. The van der Waals surface area contributed by atoms with E-state index in [9.17, 15) is 15.0 Å². The van der Waals surface area contributed by atoms with Crippen LogP contribution in [-0.2, 0) is 6.42 Å². The monoisotopic (exact) mass is 259 g/mol. The average Bonchev–Trinajstić information content (AvgIpc) is 2.81. The van der Waals surface area contributed by atoms with Crippen molar-refractivity contribution in [3.05, 3.63) is 35.9 Å². The van der Waals surface area contributed by atoms with E-state index >= 15 is 0 Å². The van der Waals surface area contributed by atoms with E-state index in [1.807, 2.05) is 0 Å². The molecule has 0 aliphatic carbocycles. The van der Waals surface area contributed by atoms with Crippen LogP contribution in [0.4, 0.5) is 0 Å². The zero-order valence-electron chi connectivity index (χ0n) is 10.2. The lowest BCUT2D eigenvalue weighted by Crippen LogP contribution is -2.19. The Kier molecular flexibility index (Phi) is 2.79. The number of aliphatic hydroxyl groups excluding tert-OH is 1. The molecule has 6 nitrogen and oxygen atoms in total. The standard InChI is InChI=1S/C13H13N3O3/c17-10-5-1-4-9-11(13(18)19)15-12(16(9)10)8-3-2-6-14-7-8/h2-3,6-7,10,17H,1,4-5H2,(H,18,19). The van der Waals surface area contributed by atoms with Crippen molar-refractivity contribution in [1.29, 1.82) is 0 Å². The maximum atomic E-state index is 11.3. The van der Waals surface area contributed by atoms with Crippen LogP contribution < -0.4 is 0 Å². The molecule has 98 valence electrons. The third-order valence-electron chi connectivity index (χ3n) is 3.31. The van der Waals surface area contributed by atoms with E-state index in [2.05, 4.69) is 9.97 Å². The fourth-order valence-electron chi connectivity index (χ4n) is 2.48. The van der Waals surface area contributed by atoms with Crippen molar-refractivity contribution < 1.29 is 15.0 Å². The van der Waals surface area contributed by atoms with Crippen LogP contribution in [0, 0.1) is 0 Å². The van der Waals surface area contributed by atoms with E-state index in [0.29, 0.717) is 29.9 Å². The molecule has 6 heteroatoms. The summed E-state index contributed by atoms with van der Waals surface area (Å²) in [5.74, 6) is -0.597. The molecule has 0 radical (unpaired) electrons. The minimum absolute atomic E-state index is 0.0256. The Bertz CT molecular complexity index is 622. The number of pyridine rings is 1. The van der Waals surface area contributed by atoms with Gasteiger partial charge in [0.05, 0.1) is 5.69 Å². The molecule has 1 aliphatic rings. The van der Waals surface area contributed by atoms with Crippen molar-refractivity contribution in [2.45, 2.75) is 25.5 Å². The number of rotatable bonds is 2. The van der Waals surface area contributed by atoms with Crippen LogP contribution in [0.25, 0.3) is 11.4 Å². The number of hydrogen-bond donors (Lipinski definition) is 2. The maximum Gasteiger partial charge on any atom is 0.356 e. The molecule has 0 saturated heterocycles. The highest BCUT2D eigenvalue weighted by Crippen LogP contribution is 2.31. The van der Waals surface area contributed by atoms with Gasteiger partial charge in [0.15, 0.2) is 5.69 Å². The highest BCUT2D eigenvalue weighted by atomic mass is 16.4. The number of nitrogens with zero attached hydrogens (tertiary/aromatic N) is 3. The highest BCUT2D eigenvalue weighted by Gasteiger charge is 2.28. The second kappa shape index (κ2) is 4.47. The number of hydrogen-bond acceptors (Lipinski definition) is 4. The fraction of sp³-hybridized carbons (Fsp3) is 0.308. The van der Waals surface area contributed by atoms with Gasteiger partial charge < -0.3 is 14.8 Å². The Labute approximate surface area is 109 Å². The minimum Gasteiger partial charge on any atom is -0.476 e. The number of imidazole rings is 1. The van der Waals surface area contributed by atoms with Crippen LogP contribution >= 0.6 is 0 Å². The van der Waals surface area contributed by atoms with Crippen LogP contribution in [0.3, 0.4) is 0 Å². The Balaban J connectivity index is 2.23. The summed E-state index contributed by atoms with van der Waals surface area (Å²) in [6.45, 7) is 0. The number of aliphatic hydroxyl groups is 1. The van der Waals surface area contributed by atoms with Gasteiger partial charge in [-0.1, -0.05) is 0 Å². The first kappa shape index (κ1) is 11.9. The molecule has 2 aromatic rings. The molecule has 0 amide bonds.